The van der Waals surface area contributed by atoms with Crippen LogP contribution in [0.1, 0.15) is 40.6 Å². The van der Waals surface area contributed by atoms with Gasteiger partial charge in [-0.15, -0.1) is 0 Å². The standard InChI is InChI=1S/C26H22Cl2N2O2/c1-15-6-3-4-9-19(15)24-26(20-11-10-18(28)13-22(20)29-25(26)32)21(14-23(31)30(24)2)16-7-5-8-17(27)12-16/h3-13,21,24H,14H2,1-2H3,(H,29,32)/t21-,24+,26-/m1/s1. The number of hydrogen-bond acceptors (Lipinski definition) is 2. The number of carbonyl (C=O) groups is 2. The molecule has 0 aromatic heterocycles. The summed E-state index contributed by atoms with van der Waals surface area (Å²) in [5, 5.41) is 4.20. The number of nitrogens with one attached hydrogen (secondary N) is 1. The van der Waals surface area contributed by atoms with E-state index in [0.29, 0.717) is 15.7 Å². The molecule has 1 fully saturated rings. The Kier molecular flexibility index (Phi) is 5.03. The van der Waals surface area contributed by atoms with Crippen LogP contribution in [0, 0.1) is 6.92 Å². The zero-order valence-corrected chi connectivity index (χ0v) is 19.2. The van der Waals surface area contributed by atoms with Gasteiger partial charge in [-0.1, -0.05) is 65.7 Å². The van der Waals surface area contributed by atoms with Gasteiger partial charge >= 0.3 is 0 Å². The van der Waals surface area contributed by atoms with Crippen LogP contribution in [-0.2, 0) is 15.0 Å². The largest absolute Gasteiger partial charge is 0.337 e. The number of benzene rings is 3. The van der Waals surface area contributed by atoms with Crippen molar-refractivity contribution in [1.29, 1.82) is 0 Å². The average molecular weight is 465 g/mol. The van der Waals surface area contributed by atoms with Crippen molar-refractivity contribution in [3.8, 4) is 0 Å². The molecule has 2 aliphatic rings. The number of anilines is 1. The van der Waals surface area contributed by atoms with Gasteiger partial charge in [-0.3, -0.25) is 9.59 Å². The molecule has 0 unspecified atom stereocenters. The smallest absolute Gasteiger partial charge is 0.238 e. The van der Waals surface area contributed by atoms with Gasteiger partial charge in [0.1, 0.15) is 5.41 Å². The van der Waals surface area contributed by atoms with E-state index in [1.807, 2.05) is 61.5 Å². The lowest BCUT2D eigenvalue weighted by Crippen LogP contribution is -2.57. The van der Waals surface area contributed by atoms with Crippen molar-refractivity contribution < 1.29 is 9.59 Å². The molecule has 2 aliphatic heterocycles. The van der Waals surface area contributed by atoms with Crippen molar-refractivity contribution >= 4 is 40.7 Å². The molecule has 5 rings (SSSR count). The molecule has 0 saturated carbocycles. The van der Waals surface area contributed by atoms with Gasteiger partial charge in [-0.2, -0.15) is 0 Å². The minimum atomic E-state index is -1.03. The Morgan fingerprint density at radius 2 is 1.72 bits per heavy atom. The molecule has 3 atom stereocenters. The third-order valence-corrected chi connectivity index (χ3v) is 7.40. The highest BCUT2D eigenvalue weighted by Crippen LogP contribution is 2.60. The van der Waals surface area contributed by atoms with Crippen LogP contribution in [-0.4, -0.2) is 23.8 Å². The lowest BCUT2D eigenvalue weighted by atomic mass is 9.58. The molecule has 6 heteroatoms. The summed E-state index contributed by atoms with van der Waals surface area (Å²) in [5.74, 6) is -0.534. The number of piperidine rings is 1. The van der Waals surface area contributed by atoms with Gasteiger partial charge in [-0.05, 0) is 53.4 Å². The zero-order chi connectivity index (χ0) is 22.6. The number of nitrogens with zero attached hydrogens (tertiary/aromatic N) is 1. The van der Waals surface area contributed by atoms with E-state index in [1.165, 1.54) is 0 Å². The monoisotopic (exact) mass is 464 g/mol. The summed E-state index contributed by atoms with van der Waals surface area (Å²) < 4.78 is 0. The summed E-state index contributed by atoms with van der Waals surface area (Å²) in [6.07, 6.45) is 0.203. The molecule has 3 aromatic carbocycles. The summed E-state index contributed by atoms with van der Waals surface area (Å²) in [6.45, 7) is 2.01. The lowest BCUT2D eigenvalue weighted by molar-refractivity contribution is -0.143. The van der Waals surface area contributed by atoms with E-state index in [4.69, 9.17) is 23.2 Å². The first-order valence-corrected chi connectivity index (χ1v) is 11.3. The Balaban J connectivity index is 1.86. The molecule has 32 heavy (non-hydrogen) atoms. The second kappa shape index (κ2) is 7.65. The molecule has 0 bridgehead atoms. The van der Waals surface area contributed by atoms with Gasteiger partial charge in [0.2, 0.25) is 11.8 Å². The van der Waals surface area contributed by atoms with E-state index >= 15 is 0 Å². The van der Waals surface area contributed by atoms with E-state index in [-0.39, 0.29) is 18.2 Å². The maximum atomic E-state index is 14.0. The number of halogens is 2. The molecule has 0 aliphatic carbocycles. The van der Waals surface area contributed by atoms with E-state index in [2.05, 4.69) is 5.32 Å². The van der Waals surface area contributed by atoms with E-state index in [0.717, 1.165) is 22.3 Å². The molecule has 2 amide bonds. The Bertz CT molecular complexity index is 1260. The first kappa shape index (κ1) is 21.0. The fourth-order valence-electron chi connectivity index (χ4n) is 5.52. The fourth-order valence-corrected chi connectivity index (χ4v) is 5.89. The number of likely N-dealkylation sites (N-methyl/N-ethyl adjacent to an activating group) is 1. The summed E-state index contributed by atoms with van der Waals surface area (Å²) in [7, 11) is 1.79. The maximum Gasteiger partial charge on any atom is 0.238 e. The Labute approximate surface area is 197 Å². The molecule has 2 heterocycles. The number of fused-ring (bicyclic) bond motifs is 2. The third kappa shape index (κ3) is 2.97. The van der Waals surface area contributed by atoms with Gasteiger partial charge in [0.15, 0.2) is 0 Å². The third-order valence-electron chi connectivity index (χ3n) is 6.93. The first-order valence-electron chi connectivity index (χ1n) is 10.5. The molecular formula is C26H22Cl2N2O2. The number of amides is 2. The Morgan fingerprint density at radius 1 is 0.969 bits per heavy atom. The van der Waals surface area contributed by atoms with Crippen molar-refractivity contribution in [3.63, 3.8) is 0 Å². The minimum absolute atomic E-state index is 0.0101. The molecule has 0 radical (unpaired) electrons. The van der Waals surface area contributed by atoms with Gasteiger partial charge < -0.3 is 10.2 Å². The summed E-state index contributed by atoms with van der Waals surface area (Å²) >= 11 is 12.6. The SMILES string of the molecule is Cc1ccccc1[C@@H]1N(C)C(=O)C[C@H](c2cccc(Cl)c2)[C@@]12C(=O)Nc1cc(Cl)ccc12. The second-order valence-corrected chi connectivity index (χ2v) is 9.46. The molecule has 3 aromatic rings. The molecule has 1 N–H and O–H groups in total. The molecule has 4 nitrogen and oxygen atoms in total. The van der Waals surface area contributed by atoms with Crippen LogP contribution in [0.5, 0.6) is 0 Å². The van der Waals surface area contributed by atoms with Crippen LogP contribution in [0.3, 0.4) is 0 Å². The molecule has 162 valence electrons. The number of rotatable bonds is 2. The Morgan fingerprint density at radius 3 is 2.47 bits per heavy atom. The first-order chi connectivity index (χ1) is 15.3. The highest BCUT2D eigenvalue weighted by atomic mass is 35.5. The number of aryl methyl sites for hydroxylation is 1. The normalized spacial score (nSPS) is 24.6. The molecule has 1 spiro atoms. The van der Waals surface area contributed by atoms with Crippen LogP contribution >= 0.6 is 23.2 Å². The quantitative estimate of drug-likeness (QED) is 0.514. The summed E-state index contributed by atoms with van der Waals surface area (Å²) in [5.41, 5.74) is 3.36. The predicted molar refractivity (Wildman–Crippen MR) is 127 cm³/mol. The topological polar surface area (TPSA) is 49.4 Å². The van der Waals surface area contributed by atoms with Crippen molar-refractivity contribution in [2.75, 3.05) is 12.4 Å². The molecule has 1 saturated heterocycles. The van der Waals surface area contributed by atoms with Crippen molar-refractivity contribution in [2.24, 2.45) is 0 Å². The summed E-state index contributed by atoms with van der Waals surface area (Å²) in [6, 6.07) is 20.4. The van der Waals surface area contributed by atoms with E-state index in [1.54, 1.807) is 24.1 Å². The fraction of sp³-hybridized carbons (Fsp3) is 0.231. The highest BCUT2D eigenvalue weighted by molar-refractivity contribution is 6.31. The van der Waals surface area contributed by atoms with Crippen LogP contribution in [0.2, 0.25) is 10.0 Å². The van der Waals surface area contributed by atoms with E-state index in [9.17, 15) is 9.59 Å². The summed E-state index contributed by atoms with van der Waals surface area (Å²) in [4.78, 5) is 29.0. The van der Waals surface area contributed by atoms with Crippen molar-refractivity contribution in [3.05, 3.63) is 99.0 Å². The van der Waals surface area contributed by atoms with Gasteiger partial charge in [0.05, 0.1) is 6.04 Å². The number of carbonyl (C=O) groups excluding carboxylic acids is 2. The van der Waals surface area contributed by atoms with Crippen LogP contribution < -0.4 is 5.32 Å². The van der Waals surface area contributed by atoms with Crippen LogP contribution in [0.25, 0.3) is 0 Å². The van der Waals surface area contributed by atoms with E-state index < -0.39 is 17.4 Å². The van der Waals surface area contributed by atoms with Crippen molar-refractivity contribution in [1.82, 2.24) is 4.90 Å². The Hall–Kier alpha value is -2.82. The minimum Gasteiger partial charge on any atom is -0.337 e. The van der Waals surface area contributed by atoms with Crippen LogP contribution in [0.4, 0.5) is 5.69 Å². The van der Waals surface area contributed by atoms with Crippen molar-refractivity contribution in [2.45, 2.75) is 30.7 Å². The second-order valence-electron chi connectivity index (χ2n) is 8.59. The zero-order valence-electron chi connectivity index (χ0n) is 17.7. The van der Waals surface area contributed by atoms with Gasteiger partial charge in [0, 0.05) is 35.1 Å². The highest BCUT2D eigenvalue weighted by Gasteiger charge is 2.62. The maximum absolute atomic E-state index is 14.0. The predicted octanol–water partition coefficient (Wildman–Crippen LogP) is 5.88. The molecular weight excluding hydrogens is 443 g/mol. The van der Waals surface area contributed by atoms with Gasteiger partial charge in [-0.25, -0.2) is 0 Å². The van der Waals surface area contributed by atoms with Gasteiger partial charge in [0.25, 0.3) is 0 Å². The number of likely N-dealkylation sites (tertiary alicyclic amines) is 1. The number of hydrogen-bond donors (Lipinski definition) is 1. The van der Waals surface area contributed by atoms with Crippen LogP contribution in [0.15, 0.2) is 66.7 Å². The lowest BCUT2D eigenvalue weighted by Gasteiger charge is -2.50. The average Bonchev–Trinajstić information content (AvgIpc) is 3.03.